The van der Waals surface area contributed by atoms with Crippen LogP contribution in [-0.2, 0) is 19.4 Å². The molecule has 104 valence electrons. The maximum Gasteiger partial charge on any atom is 0.129 e. The molecule has 1 aliphatic rings. The summed E-state index contributed by atoms with van der Waals surface area (Å²) >= 11 is 0. The van der Waals surface area contributed by atoms with Gasteiger partial charge in [-0.2, -0.15) is 0 Å². The fourth-order valence-electron chi connectivity index (χ4n) is 2.90. The lowest BCUT2D eigenvalue weighted by atomic mass is 10.0. The normalized spacial score (nSPS) is 14.8. The molecule has 1 aromatic heterocycles. The molecule has 0 saturated heterocycles. The molecule has 0 amide bonds. The second-order valence-corrected chi connectivity index (χ2v) is 5.43. The number of nitrogens with two attached hydrogens (primary N) is 1. The van der Waals surface area contributed by atoms with Crippen molar-refractivity contribution in [1.82, 2.24) is 4.98 Å². The van der Waals surface area contributed by atoms with E-state index in [2.05, 4.69) is 46.3 Å². The summed E-state index contributed by atoms with van der Waals surface area (Å²) in [5.74, 6) is 1.07. The largest absolute Gasteiger partial charge is 0.356 e. The Hall–Kier alpha value is -1.87. The molecule has 2 aromatic rings. The van der Waals surface area contributed by atoms with E-state index in [0.717, 1.165) is 43.0 Å². The van der Waals surface area contributed by atoms with Crippen LogP contribution in [-0.4, -0.2) is 18.1 Å². The zero-order valence-electron chi connectivity index (χ0n) is 12.0. The Labute approximate surface area is 120 Å². The lowest BCUT2D eigenvalue weighted by molar-refractivity contribution is 0.786. The van der Waals surface area contributed by atoms with Gasteiger partial charge in [0, 0.05) is 25.3 Å². The average Bonchev–Trinajstić information content (AvgIpc) is 2.69. The van der Waals surface area contributed by atoms with Gasteiger partial charge in [-0.05, 0) is 48.6 Å². The molecule has 0 bridgehead atoms. The highest BCUT2D eigenvalue weighted by molar-refractivity contribution is 5.44. The molecule has 0 aliphatic carbocycles. The summed E-state index contributed by atoms with van der Waals surface area (Å²) in [6.07, 6.45) is 2.17. The van der Waals surface area contributed by atoms with Gasteiger partial charge >= 0.3 is 0 Å². The number of pyridine rings is 1. The summed E-state index contributed by atoms with van der Waals surface area (Å²) in [4.78, 5) is 7.06. The van der Waals surface area contributed by atoms with Crippen LogP contribution < -0.4 is 10.6 Å². The molecule has 2 N–H and O–H groups in total. The number of hydrogen-bond acceptors (Lipinski definition) is 3. The Morgan fingerprint density at radius 2 is 1.75 bits per heavy atom. The van der Waals surface area contributed by atoms with Crippen molar-refractivity contribution < 1.29 is 0 Å². The third-order valence-corrected chi connectivity index (χ3v) is 3.98. The van der Waals surface area contributed by atoms with Crippen molar-refractivity contribution in [2.45, 2.75) is 26.3 Å². The number of fused-ring (bicyclic) bond motifs is 1. The lowest BCUT2D eigenvalue weighted by Gasteiger charge is -2.22. The maximum atomic E-state index is 5.77. The second-order valence-electron chi connectivity index (χ2n) is 5.43. The van der Waals surface area contributed by atoms with Crippen LogP contribution >= 0.6 is 0 Å². The molecule has 1 aromatic carbocycles. The van der Waals surface area contributed by atoms with Crippen molar-refractivity contribution in [1.29, 1.82) is 0 Å². The van der Waals surface area contributed by atoms with E-state index >= 15 is 0 Å². The third-order valence-electron chi connectivity index (χ3n) is 3.98. The quantitative estimate of drug-likeness (QED) is 0.909. The summed E-state index contributed by atoms with van der Waals surface area (Å²) in [6, 6.07) is 12.9. The summed E-state index contributed by atoms with van der Waals surface area (Å²) in [5.41, 5.74) is 10.9. The van der Waals surface area contributed by atoms with Gasteiger partial charge in [0.15, 0.2) is 0 Å². The molecule has 3 nitrogen and oxygen atoms in total. The van der Waals surface area contributed by atoms with Crippen molar-refractivity contribution >= 4 is 5.82 Å². The van der Waals surface area contributed by atoms with Crippen LogP contribution in [0.1, 0.15) is 22.4 Å². The number of hydrogen-bond donors (Lipinski definition) is 1. The summed E-state index contributed by atoms with van der Waals surface area (Å²) < 4.78 is 0. The fraction of sp³-hybridized carbons (Fsp3) is 0.353. The van der Waals surface area contributed by atoms with Crippen LogP contribution in [0.15, 0.2) is 36.4 Å². The molecule has 1 aliphatic heterocycles. The molecular weight excluding hydrogens is 246 g/mol. The van der Waals surface area contributed by atoms with Gasteiger partial charge in [0.25, 0.3) is 0 Å². The van der Waals surface area contributed by atoms with E-state index in [1.807, 2.05) is 6.92 Å². The molecule has 0 spiro atoms. The molecule has 3 heteroatoms. The van der Waals surface area contributed by atoms with Crippen molar-refractivity contribution in [3.63, 3.8) is 0 Å². The molecule has 0 radical (unpaired) electrons. The highest BCUT2D eigenvalue weighted by atomic mass is 15.2. The Morgan fingerprint density at radius 1 is 1.10 bits per heavy atom. The Balaban J connectivity index is 1.85. The summed E-state index contributed by atoms with van der Waals surface area (Å²) in [7, 11) is 0. The third kappa shape index (κ3) is 2.68. The monoisotopic (exact) mass is 267 g/mol. The Bertz CT molecular complexity index is 580. The molecular formula is C17H21N3. The van der Waals surface area contributed by atoms with Crippen LogP contribution in [0.5, 0.6) is 0 Å². The minimum absolute atomic E-state index is 0.574. The van der Waals surface area contributed by atoms with Crippen molar-refractivity contribution in [3.8, 4) is 0 Å². The van der Waals surface area contributed by atoms with Crippen LogP contribution in [0.2, 0.25) is 0 Å². The number of aryl methyl sites for hydroxylation is 1. The maximum absolute atomic E-state index is 5.77. The van der Waals surface area contributed by atoms with E-state index in [-0.39, 0.29) is 0 Å². The predicted octanol–water partition coefficient (Wildman–Crippen LogP) is 2.45. The zero-order valence-corrected chi connectivity index (χ0v) is 12.0. The van der Waals surface area contributed by atoms with Gasteiger partial charge in [0.1, 0.15) is 5.82 Å². The number of nitrogens with zero attached hydrogens (tertiary/aromatic N) is 2. The van der Waals surface area contributed by atoms with Crippen LogP contribution in [0.4, 0.5) is 5.82 Å². The highest BCUT2D eigenvalue weighted by Crippen LogP contribution is 2.21. The van der Waals surface area contributed by atoms with E-state index in [0.29, 0.717) is 6.54 Å². The SMILES string of the molecule is Cc1cc(CN)cc(N2CCc3ccccc3CC2)n1. The van der Waals surface area contributed by atoms with Crippen LogP contribution in [0, 0.1) is 6.92 Å². The zero-order chi connectivity index (χ0) is 13.9. The molecule has 0 fully saturated rings. The summed E-state index contributed by atoms with van der Waals surface area (Å²) in [6.45, 7) is 4.66. The lowest BCUT2D eigenvalue weighted by Crippen LogP contribution is -2.27. The Morgan fingerprint density at radius 3 is 2.35 bits per heavy atom. The van der Waals surface area contributed by atoms with Crippen LogP contribution in [0.25, 0.3) is 0 Å². The van der Waals surface area contributed by atoms with Crippen molar-refractivity contribution in [2.75, 3.05) is 18.0 Å². The van der Waals surface area contributed by atoms with Crippen molar-refractivity contribution in [2.24, 2.45) is 5.73 Å². The smallest absolute Gasteiger partial charge is 0.129 e. The van der Waals surface area contributed by atoms with Gasteiger partial charge in [-0.1, -0.05) is 24.3 Å². The van der Waals surface area contributed by atoms with Gasteiger partial charge in [-0.15, -0.1) is 0 Å². The van der Waals surface area contributed by atoms with Crippen molar-refractivity contribution in [3.05, 3.63) is 58.8 Å². The van der Waals surface area contributed by atoms with Gasteiger partial charge in [-0.25, -0.2) is 4.98 Å². The Kier molecular flexibility index (Phi) is 3.70. The number of benzene rings is 1. The molecule has 0 saturated carbocycles. The van der Waals surface area contributed by atoms with Gasteiger partial charge in [0.05, 0.1) is 0 Å². The number of aromatic nitrogens is 1. The van der Waals surface area contributed by atoms with E-state index in [1.165, 1.54) is 11.1 Å². The minimum Gasteiger partial charge on any atom is -0.356 e. The predicted molar refractivity (Wildman–Crippen MR) is 82.9 cm³/mol. The van der Waals surface area contributed by atoms with E-state index < -0.39 is 0 Å². The van der Waals surface area contributed by atoms with E-state index in [4.69, 9.17) is 5.73 Å². The molecule has 0 atom stereocenters. The van der Waals surface area contributed by atoms with Crippen LogP contribution in [0.3, 0.4) is 0 Å². The first-order chi connectivity index (χ1) is 9.76. The molecule has 3 rings (SSSR count). The molecule has 0 unspecified atom stereocenters. The first-order valence-corrected chi connectivity index (χ1v) is 7.25. The first kappa shape index (κ1) is 13.1. The molecule has 2 heterocycles. The highest BCUT2D eigenvalue weighted by Gasteiger charge is 2.15. The number of anilines is 1. The van der Waals surface area contributed by atoms with Gasteiger partial charge in [0.2, 0.25) is 0 Å². The molecule has 20 heavy (non-hydrogen) atoms. The topological polar surface area (TPSA) is 42.1 Å². The standard InChI is InChI=1S/C17H21N3/c1-13-10-14(12-18)11-17(19-13)20-8-6-15-4-2-3-5-16(15)7-9-20/h2-5,10-11H,6-9,12,18H2,1H3. The van der Waals surface area contributed by atoms with E-state index in [9.17, 15) is 0 Å². The summed E-state index contributed by atoms with van der Waals surface area (Å²) in [5, 5.41) is 0. The number of rotatable bonds is 2. The van der Waals surface area contributed by atoms with Gasteiger partial charge < -0.3 is 10.6 Å². The fourth-order valence-corrected chi connectivity index (χ4v) is 2.90. The second kappa shape index (κ2) is 5.63. The minimum atomic E-state index is 0.574. The first-order valence-electron chi connectivity index (χ1n) is 7.25. The average molecular weight is 267 g/mol. The van der Waals surface area contributed by atoms with Gasteiger partial charge in [-0.3, -0.25) is 0 Å². The van der Waals surface area contributed by atoms with E-state index in [1.54, 1.807) is 0 Å².